The average molecular weight is 282 g/mol. The van der Waals surface area contributed by atoms with Gasteiger partial charge >= 0.3 is 0 Å². The Hall–Kier alpha value is -1.10. The molecule has 0 spiro atoms. The molecule has 18 heavy (non-hydrogen) atoms. The number of hydrogen-bond donors (Lipinski definition) is 2. The molecule has 0 saturated carbocycles. The van der Waals surface area contributed by atoms with Crippen LogP contribution in [0.3, 0.4) is 0 Å². The van der Waals surface area contributed by atoms with E-state index in [9.17, 15) is 0 Å². The number of benzene rings is 1. The van der Waals surface area contributed by atoms with Crippen LogP contribution in [0.2, 0.25) is 0 Å². The van der Waals surface area contributed by atoms with Crippen molar-refractivity contribution in [3.8, 4) is 11.3 Å². The van der Waals surface area contributed by atoms with Gasteiger partial charge in [0.15, 0.2) is 0 Å². The molecule has 0 saturated heterocycles. The third-order valence-corrected chi connectivity index (χ3v) is 3.84. The highest BCUT2D eigenvalue weighted by Crippen LogP contribution is 2.29. The van der Waals surface area contributed by atoms with E-state index in [1.165, 1.54) is 16.8 Å². The van der Waals surface area contributed by atoms with Gasteiger partial charge in [0, 0.05) is 29.7 Å². The fourth-order valence-corrected chi connectivity index (χ4v) is 2.94. The largest absolute Gasteiger partial charge is 0.384 e. The van der Waals surface area contributed by atoms with Crippen molar-refractivity contribution in [3.05, 3.63) is 34.2 Å². The normalized spacial score (nSPS) is 12.7. The molecule has 0 unspecified atom stereocenters. The minimum atomic E-state index is 0. The third kappa shape index (κ3) is 2.51. The first-order valence-corrected chi connectivity index (χ1v) is 6.71. The maximum Gasteiger partial charge on any atom is 0.107 e. The summed E-state index contributed by atoms with van der Waals surface area (Å²) in [5.41, 5.74) is 4.97. The lowest BCUT2D eigenvalue weighted by Gasteiger charge is -2.02. The van der Waals surface area contributed by atoms with Crippen molar-refractivity contribution >= 4 is 29.4 Å². The minimum Gasteiger partial charge on any atom is -0.384 e. The van der Waals surface area contributed by atoms with Gasteiger partial charge in [-0.25, -0.2) is 4.98 Å². The first kappa shape index (κ1) is 13.3. The Morgan fingerprint density at radius 2 is 2.33 bits per heavy atom. The average Bonchev–Trinajstić information content (AvgIpc) is 2.96. The number of aromatic nitrogens is 1. The summed E-state index contributed by atoms with van der Waals surface area (Å²) in [7, 11) is 1.94. The van der Waals surface area contributed by atoms with Crippen LogP contribution in [0.5, 0.6) is 0 Å². The van der Waals surface area contributed by atoms with Crippen LogP contribution in [0.4, 0.5) is 5.69 Å². The van der Waals surface area contributed by atoms with Crippen molar-refractivity contribution in [3.63, 3.8) is 0 Å². The quantitative estimate of drug-likeness (QED) is 0.908. The van der Waals surface area contributed by atoms with Crippen molar-refractivity contribution in [2.75, 3.05) is 18.9 Å². The SMILES string of the molecule is CNCc1nc(-c2ccc3c(c2)NCC3)cs1.Cl. The Morgan fingerprint density at radius 1 is 1.44 bits per heavy atom. The number of fused-ring (bicyclic) bond motifs is 1. The molecule has 3 rings (SSSR count). The fraction of sp³-hybridized carbons (Fsp3) is 0.308. The first-order valence-electron chi connectivity index (χ1n) is 5.83. The van der Waals surface area contributed by atoms with E-state index in [-0.39, 0.29) is 12.4 Å². The first-order chi connectivity index (χ1) is 8.36. The molecule has 0 bridgehead atoms. The predicted octanol–water partition coefficient (Wildman–Crippen LogP) is 2.92. The highest BCUT2D eigenvalue weighted by molar-refractivity contribution is 7.09. The second-order valence-electron chi connectivity index (χ2n) is 4.21. The van der Waals surface area contributed by atoms with Crippen LogP contribution in [0.25, 0.3) is 11.3 Å². The van der Waals surface area contributed by atoms with Crippen molar-refractivity contribution in [1.82, 2.24) is 10.3 Å². The summed E-state index contributed by atoms with van der Waals surface area (Å²) in [6.45, 7) is 1.90. The molecular formula is C13H16ClN3S. The van der Waals surface area contributed by atoms with E-state index >= 15 is 0 Å². The van der Waals surface area contributed by atoms with Crippen LogP contribution in [0, 0.1) is 0 Å². The van der Waals surface area contributed by atoms with Gasteiger partial charge in [0.25, 0.3) is 0 Å². The summed E-state index contributed by atoms with van der Waals surface area (Å²) >= 11 is 1.71. The molecule has 0 aliphatic carbocycles. The molecule has 1 aromatic heterocycles. The maximum absolute atomic E-state index is 4.62. The second-order valence-corrected chi connectivity index (χ2v) is 5.15. The zero-order valence-corrected chi connectivity index (χ0v) is 11.8. The van der Waals surface area contributed by atoms with Crippen LogP contribution in [0.1, 0.15) is 10.6 Å². The summed E-state index contributed by atoms with van der Waals surface area (Å²) in [6.07, 6.45) is 1.14. The van der Waals surface area contributed by atoms with Gasteiger partial charge in [-0.15, -0.1) is 23.7 Å². The lowest BCUT2D eigenvalue weighted by atomic mass is 10.1. The molecule has 1 aliphatic rings. The van der Waals surface area contributed by atoms with Gasteiger partial charge in [-0.05, 0) is 25.1 Å². The molecule has 3 nitrogen and oxygen atoms in total. The zero-order chi connectivity index (χ0) is 11.7. The van der Waals surface area contributed by atoms with E-state index in [0.717, 1.165) is 30.2 Å². The van der Waals surface area contributed by atoms with Gasteiger partial charge in [0.1, 0.15) is 5.01 Å². The lowest BCUT2D eigenvalue weighted by molar-refractivity contribution is 0.811. The Morgan fingerprint density at radius 3 is 3.17 bits per heavy atom. The zero-order valence-electron chi connectivity index (χ0n) is 10.2. The number of anilines is 1. The standard InChI is InChI=1S/C13H15N3S.ClH/c1-14-7-13-16-12(8-17-13)10-3-2-9-4-5-15-11(9)6-10;/h2-3,6,8,14-15H,4-5,7H2,1H3;1H. The highest BCUT2D eigenvalue weighted by atomic mass is 35.5. The Kier molecular flexibility index (Phi) is 4.22. The van der Waals surface area contributed by atoms with E-state index < -0.39 is 0 Å². The van der Waals surface area contributed by atoms with Crippen molar-refractivity contribution in [1.29, 1.82) is 0 Å². The van der Waals surface area contributed by atoms with Crippen LogP contribution < -0.4 is 10.6 Å². The molecule has 1 aromatic carbocycles. The summed E-state index contributed by atoms with van der Waals surface area (Å²) < 4.78 is 0. The van der Waals surface area contributed by atoms with Gasteiger partial charge in [-0.2, -0.15) is 0 Å². The lowest BCUT2D eigenvalue weighted by Crippen LogP contribution is -2.04. The summed E-state index contributed by atoms with van der Waals surface area (Å²) in [5.74, 6) is 0. The molecule has 0 fully saturated rings. The molecule has 1 aliphatic heterocycles. The molecule has 0 amide bonds. The topological polar surface area (TPSA) is 37.0 Å². The molecule has 2 aromatic rings. The van der Waals surface area contributed by atoms with Gasteiger partial charge in [-0.1, -0.05) is 12.1 Å². The van der Waals surface area contributed by atoms with E-state index in [2.05, 4.69) is 39.2 Å². The van der Waals surface area contributed by atoms with Gasteiger partial charge < -0.3 is 10.6 Å². The number of hydrogen-bond acceptors (Lipinski definition) is 4. The Labute approximate surface area is 117 Å². The van der Waals surface area contributed by atoms with Crippen LogP contribution in [-0.4, -0.2) is 18.6 Å². The van der Waals surface area contributed by atoms with E-state index in [1.807, 2.05) is 7.05 Å². The monoisotopic (exact) mass is 281 g/mol. The molecule has 0 atom stereocenters. The van der Waals surface area contributed by atoms with Crippen LogP contribution in [0.15, 0.2) is 23.6 Å². The predicted molar refractivity (Wildman–Crippen MR) is 79.8 cm³/mol. The van der Waals surface area contributed by atoms with Crippen molar-refractivity contribution in [2.24, 2.45) is 0 Å². The number of thiazole rings is 1. The minimum absolute atomic E-state index is 0. The molecule has 2 N–H and O–H groups in total. The summed E-state index contributed by atoms with van der Waals surface area (Å²) in [5, 5.41) is 9.79. The van der Waals surface area contributed by atoms with Crippen LogP contribution >= 0.6 is 23.7 Å². The highest BCUT2D eigenvalue weighted by Gasteiger charge is 2.11. The molecule has 2 heterocycles. The Bertz CT molecular complexity index is 539. The molecule has 0 radical (unpaired) electrons. The van der Waals surface area contributed by atoms with Crippen LogP contribution in [-0.2, 0) is 13.0 Å². The number of rotatable bonds is 3. The second kappa shape index (κ2) is 5.69. The number of halogens is 1. The maximum atomic E-state index is 4.62. The summed E-state index contributed by atoms with van der Waals surface area (Å²) in [4.78, 5) is 4.62. The van der Waals surface area contributed by atoms with Gasteiger partial charge in [-0.3, -0.25) is 0 Å². The van der Waals surface area contributed by atoms with E-state index in [0.29, 0.717) is 0 Å². The van der Waals surface area contributed by atoms with Gasteiger partial charge in [0.05, 0.1) is 5.69 Å². The fourth-order valence-electron chi connectivity index (χ4n) is 2.13. The molecular weight excluding hydrogens is 266 g/mol. The molecule has 96 valence electrons. The molecule has 5 heteroatoms. The van der Waals surface area contributed by atoms with E-state index in [1.54, 1.807) is 11.3 Å². The summed E-state index contributed by atoms with van der Waals surface area (Å²) in [6, 6.07) is 6.59. The van der Waals surface area contributed by atoms with Crippen molar-refractivity contribution < 1.29 is 0 Å². The number of nitrogens with one attached hydrogen (secondary N) is 2. The third-order valence-electron chi connectivity index (χ3n) is 3.00. The van der Waals surface area contributed by atoms with E-state index in [4.69, 9.17) is 0 Å². The number of nitrogens with zero attached hydrogens (tertiary/aromatic N) is 1. The Balaban J connectivity index is 0.00000120. The smallest absolute Gasteiger partial charge is 0.107 e. The van der Waals surface area contributed by atoms with Crippen molar-refractivity contribution in [2.45, 2.75) is 13.0 Å². The van der Waals surface area contributed by atoms with Gasteiger partial charge in [0.2, 0.25) is 0 Å².